The van der Waals surface area contributed by atoms with E-state index in [4.69, 9.17) is 0 Å². The summed E-state index contributed by atoms with van der Waals surface area (Å²) in [4.78, 5) is 26.0. The van der Waals surface area contributed by atoms with Crippen LogP contribution in [0.2, 0.25) is 0 Å². The lowest BCUT2D eigenvalue weighted by Crippen LogP contribution is -2.20. The van der Waals surface area contributed by atoms with E-state index in [0.717, 1.165) is 5.56 Å². The van der Waals surface area contributed by atoms with Crippen molar-refractivity contribution in [2.24, 2.45) is 5.10 Å². The summed E-state index contributed by atoms with van der Waals surface area (Å²) >= 11 is 1.25. The number of hydrogen-bond donors (Lipinski definition) is 1. The van der Waals surface area contributed by atoms with Crippen molar-refractivity contribution in [2.75, 3.05) is 0 Å². The number of thiophene rings is 1. The largest absolute Gasteiger partial charge is 0.283 e. The number of carbonyl (C=O) groups excluding carboxylic acids is 1. The molecule has 0 saturated carbocycles. The first-order valence-electron chi connectivity index (χ1n) is 6.08. The molecule has 2 heterocycles. The number of rotatable bonds is 5. The molecular weight excluding hydrogens is 292 g/mol. The van der Waals surface area contributed by atoms with E-state index >= 15 is 0 Å². The van der Waals surface area contributed by atoms with E-state index < -0.39 is 4.92 Å². The van der Waals surface area contributed by atoms with Crippen LogP contribution in [0.15, 0.2) is 35.7 Å². The first-order valence-corrected chi connectivity index (χ1v) is 6.89. The number of amides is 1. The van der Waals surface area contributed by atoms with Gasteiger partial charge in [-0.3, -0.25) is 14.9 Å². The molecule has 0 bridgehead atoms. The van der Waals surface area contributed by atoms with Crippen LogP contribution >= 0.6 is 11.3 Å². The zero-order valence-corrected chi connectivity index (χ0v) is 12.0. The molecule has 2 aromatic heterocycles. The van der Waals surface area contributed by atoms with Gasteiger partial charge in [0.15, 0.2) is 12.4 Å². The Labute approximate surface area is 124 Å². The minimum atomic E-state index is -0.437. The molecule has 2 rings (SSSR count). The normalized spacial score (nSPS) is 10.7. The molecule has 108 valence electrons. The maximum Gasteiger partial charge on any atom is 0.283 e. The molecular formula is C13H13N4O3S+. The number of carbonyl (C=O) groups is 1. The minimum absolute atomic E-state index is 0.0626. The van der Waals surface area contributed by atoms with Crippen molar-refractivity contribution in [1.82, 2.24) is 5.43 Å². The maximum atomic E-state index is 11.6. The smallest absolute Gasteiger partial charge is 0.273 e. The molecule has 7 nitrogen and oxygen atoms in total. The predicted octanol–water partition coefficient (Wildman–Crippen LogP) is 1.47. The Hall–Kier alpha value is -2.61. The van der Waals surface area contributed by atoms with Crippen LogP contribution in [0.5, 0.6) is 0 Å². The minimum Gasteiger partial charge on any atom is -0.273 e. The second kappa shape index (κ2) is 6.71. The van der Waals surface area contributed by atoms with Crippen molar-refractivity contribution >= 4 is 29.1 Å². The summed E-state index contributed by atoms with van der Waals surface area (Å²) in [5.41, 5.74) is 3.29. The standard InChI is InChI=1S/C13H12N4O3S/c1-9-12(17(19)20)6-11(21-9)8-15-16-13(18)5-10-3-2-4-14-7-10/h2-4,6-8H,5H2,1H3,(H,16,18)/p+1. The van der Waals surface area contributed by atoms with Gasteiger partial charge in [0.2, 0.25) is 5.91 Å². The molecule has 21 heavy (non-hydrogen) atoms. The number of aryl methyl sites for hydroxylation is 1. The van der Waals surface area contributed by atoms with Crippen LogP contribution in [-0.4, -0.2) is 17.0 Å². The number of hydrogen-bond acceptors (Lipinski definition) is 5. The van der Waals surface area contributed by atoms with Crippen LogP contribution in [0.4, 0.5) is 5.69 Å². The summed E-state index contributed by atoms with van der Waals surface area (Å²) in [6, 6.07) is 5.06. The highest BCUT2D eigenvalue weighted by atomic mass is 32.1. The van der Waals surface area contributed by atoms with Gasteiger partial charge in [-0.2, -0.15) is 5.10 Å². The Balaban J connectivity index is 1.92. The second-order valence-electron chi connectivity index (χ2n) is 4.23. The lowest BCUT2D eigenvalue weighted by molar-refractivity contribution is -0.385. The Bertz CT molecular complexity index is 682. The van der Waals surface area contributed by atoms with E-state index in [1.807, 2.05) is 6.07 Å². The molecule has 0 aliphatic rings. The van der Waals surface area contributed by atoms with Gasteiger partial charge in [0.25, 0.3) is 5.69 Å². The van der Waals surface area contributed by atoms with E-state index in [9.17, 15) is 14.9 Å². The molecule has 1 amide bonds. The second-order valence-corrected chi connectivity index (χ2v) is 5.52. The predicted molar refractivity (Wildman–Crippen MR) is 78.1 cm³/mol. The first-order chi connectivity index (χ1) is 10.1. The molecule has 0 atom stereocenters. The summed E-state index contributed by atoms with van der Waals surface area (Å²) in [7, 11) is 0. The van der Waals surface area contributed by atoms with Gasteiger partial charge in [-0.05, 0) is 13.0 Å². The molecule has 0 aliphatic heterocycles. The molecule has 0 aliphatic carbocycles. The zero-order chi connectivity index (χ0) is 15.2. The fourth-order valence-electron chi connectivity index (χ4n) is 1.67. The summed E-state index contributed by atoms with van der Waals surface area (Å²) in [5.74, 6) is -0.256. The molecule has 0 fully saturated rings. The van der Waals surface area contributed by atoms with Crippen LogP contribution in [0, 0.1) is 17.0 Å². The third kappa shape index (κ3) is 4.18. The van der Waals surface area contributed by atoms with E-state index in [-0.39, 0.29) is 18.0 Å². The molecule has 0 saturated heterocycles. The molecule has 2 N–H and O–H groups in total. The van der Waals surface area contributed by atoms with Gasteiger partial charge in [-0.25, -0.2) is 10.4 Å². The highest BCUT2D eigenvalue weighted by Gasteiger charge is 2.14. The van der Waals surface area contributed by atoms with Gasteiger partial charge in [0.05, 0.1) is 27.3 Å². The molecule has 2 aromatic rings. The fourth-order valence-corrected chi connectivity index (χ4v) is 2.54. The first kappa shape index (κ1) is 14.8. The average Bonchev–Trinajstić information content (AvgIpc) is 2.81. The van der Waals surface area contributed by atoms with E-state index in [0.29, 0.717) is 9.75 Å². The lowest BCUT2D eigenvalue weighted by Gasteiger charge is -1.96. The quantitative estimate of drug-likeness (QED) is 0.514. The van der Waals surface area contributed by atoms with Crippen molar-refractivity contribution in [3.05, 3.63) is 56.0 Å². The zero-order valence-electron chi connectivity index (χ0n) is 11.2. The third-order valence-electron chi connectivity index (χ3n) is 2.62. The van der Waals surface area contributed by atoms with E-state index in [1.54, 1.807) is 25.4 Å². The van der Waals surface area contributed by atoms with Gasteiger partial charge < -0.3 is 0 Å². The highest BCUT2D eigenvalue weighted by molar-refractivity contribution is 7.14. The number of pyridine rings is 1. The van der Waals surface area contributed by atoms with Crippen molar-refractivity contribution < 1.29 is 14.7 Å². The van der Waals surface area contributed by atoms with Crippen molar-refractivity contribution in [3.8, 4) is 0 Å². The van der Waals surface area contributed by atoms with Gasteiger partial charge in [-0.15, -0.1) is 11.3 Å². The molecule has 0 unspecified atom stereocenters. The highest BCUT2D eigenvalue weighted by Crippen LogP contribution is 2.26. The molecule has 0 radical (unpaired) electrons. The van der Waals surface area contributed by atoms with Gasteiger partial charge in [0, 0.05) is 17.7 Å². The molecule has 8 heteroatoms. The Morgan fingerprint density at radius 3 is 3.05 bits per heavy atom. The average molecular weight is 305 g/mol. The van der Waals surface area contributed by atoms with Gasteiger partial charge in [-0.1, -0.05) is 0 Å². The molecule has 0 spiro atoms. The third-order valence-corrected chi connectivity index (χ3v) is 3.60. The van der Waals surface area contributed by atoms with E-state index in [1.165, 1.54) is 23.6 Å². The summed E-state index contributed by atoms with van der Waals surface area (Å²) in [6.07, 6.45) is 5.10. The van der Waals surface area contributed by atoms with Crippen molar-refractivity contribution in [1.29, 1.82) is 0 Å². The lowest BCUT2D eigenvalue weighted by atomic mass is 10.2. The number of nitro groups is 1. The van der Waals surface area contributed by atoms with Crippen molar-refractivity contribution in [2.45, 2.75) is 13.3 Å². The van der Waals surface area contributed by atoms with Crippen molar-refractivity contribution in [3.63, 3.8) is 0 Å². The Morgan fingerprint density at radius 1 is 1.62 bits per heavy atom. The monoisotopic (exact) mass is 305 g/mol. The van der Waals surface area contributed by atoms with Crippen LogP contribution in [0.3, 0.4) is 0 Å². The fraction of sp³-hybridized carbons (Fsp3) is 0.154. The number of nitrogens with zero attached hydrogens (tertiary/aromatic N) is 2. The molecule has 0 aromatic carbocycles. The Morgan fingerprint density at radius 2 is 2.43 bits per heavy atom. The van der Waals surface area contributed by atoms with Crippen LogP contribution < -0.4 is 10.4 Å². The Kier molecular flexibility index (Phi) is 4.72. The summed E-state index contributed by atoms with van der Waals surface area (Å²) in [6.45, 7) is 1.67. The van der Waals surface area contributed by atoms with Crippen LogP contribution in [0.1, 0.15) is 15.3 Å². The SMILES string of the molecule is Cc1sc(C=NNC(=O)Cc2ccc[nH+]c2)cc1[N+](=O)[O-]. The topological polar surface area (TPSA) is 98.7 Å². The number of nitrogens with one attached hydrogen (secondary N) is 2. The van der Waals surface area contributed by atoms with Gasteiger partial charge >= 0.3 is 0 Å². The maximum absolute atomic E-state index is 11.6. The number of aromatic nitrogens is 1. The number of H-pyrrole nitrogens is 1. The van der Waals surface area contributed by atoms with Crippen LogP contribution in [0.25, 0.3) is 0 Å². The summed E-state index contributed by atoms with van der Waals surface area (Å²) < 4.78 is 0. The van der Waals surface area contributed by atoms with Gasteiger partial charge in [0.1, 0.15) is 0 Å². The number of aromatic amines is 1. The summed E-state index contributed by atoms with van der Waals surface area (Å²) in [5, 5.41) is 14.5. The van der Waals surface area contributed by atoms with Crippen LogP contribution in [-0.2, 0) is 11.2 Å². The number of hydrazone groups is 1. The van der Waals surface area contributed by atoms with E-state index in [2.05, 4.69) is 15.5 Å².